The molecule has 0 unspecified atom stereocenters. The smallest absolute Gasteiger partial charge is 0.282 e. The Kier molecular flexibility index (Phi) is 4.38. The summed E-state index contributed by atoms with van der Waals surface area (Å²) >= 11 is 1.48. The minimum Gasteiger partial charge on any atom is -0.378 e. The largest absolute Gasteiger partial charge is 0.378 e. The molecule has 0 radical (unpaired) electrons. The number of benzene rings is 1. The van der Waals surface area contributed by atoms with E-state index in [1.807, 2.05) is 54.5 Å². The highest BCUT2D eigenvalue weighted by Crippen LogP contribution is 2.37. The number of nitrogens with zero attached hydrogens (tertiary/aromatic N) is 2. The minimum absolute atomic E-state index is 0.245. The lowest BCUT2D eigenvalue weighted by Gasteiger charge is -2.29. The quantitative estimate of drug-likeness (QED) is 0.782. The Morgan fingerprint density at radius 1 is 1.00 bits per heavy atom. The number of rotatable bonds is 3. The van der Waals surface area contributed by atoms with Gasteiger partial charge in [-0.3, -0.25) is 9.59 Å². The standard InChI is InChI=1S/C20H20N2O3S/c1-13-10-14(2)12-15(11-13)22-19(23)17(16-4-3-9-26-16)18(20(22)24)21-5-7-25-8-6-21/h3-4,9-12H,5-8H2,1-2H3. The van der Waals surface area contributed by atoms with Gasteiger partial charge in [0.05, 0.1) is 24.5 Å². The first-order valence-corrected chi connectivity index (χ1v) is 9.52. The molecule has 0 bridgehead atoms. The van der Waals surface area contributed by atoms with E-state index in [0.29, 0.717) is 43.3 Å². The monoisotopic (exact) mass is 368 g/mol. The van der Waals surface area contributed by atoms with Crippen LogP contribution in [0.1, 0.15) is 16.0 Å². The number of hydrogen-bond acceptors (Lipinski definition) is 5. The van der Waals surface area contributed by atoms with Gasteiger partial charge in [-0.1, -0.05) is 12.1 Å². The van der Waals surface area contributed by atoms with Crippen molar-refractivity contribution in [2.24, 2.45) is 0 Å². The molecule has 2 amide bonds. The number of hydrogen-bond donors (Lipinski definition) is 0. The van der Waals surface area contributed by atoms with Gasteiger partial charge in [0.2, 0.25) is 0 Å². The van der Waals surface area contributed by atoms with E-state index in [0.717, 1.165) is 16.0 Å². The van der Waals surface area contributed by atoms with Crippen LogP contribution in [0.3, 0.4) is 0 Å². The molecule has 1 saturated heterocycles. The van der Waals surface area contributed by atoms with Crippen LogP contribution in [0.15, 0.2) is 41.4 Å². The molecule has 4 rings (SSSR count). The van der Waals surface area contributed by atoms with Gasteiger partial charge in [-0.15, -0.1) is 11.3 Å². The molecule has 134 valence electrons. The van der Waals surface area contributed by atoms with Gasteiger partial charge >= 0.3 is 0 Å². The number of carbonyl (C=O) groups is 2. The van der Waals surface area contributed by atoms with Crippen molar-refractivity contribution in [2.75, 3.05) is 31.2 Å². The maximum absolute atomic E-state index is 13.3. The SMILES string of the molecule is Cc1cc(C)cc(N2C(=O)C(c3cccs3)=C(N3CCOCC3)C2=O)c1. The second-order valence-electron chi connectivity index (χ2n) is 6.59. The highest BCUT2D eigenvalue weighted by atomic mass is 32.1. The van der Waals surface area contributed by atoms with Crippen LogP contribution >= 0.6 is 11.3 Å². The van der Waals surface area contributed by atoms with Crippen molar-refractivity contribution < 1.29 is 14.3 Å². The molecule has 6 heteroatoms. The van der Waals surface area contributed by atoms with Crippen molar-refractivity contribution in [1.29, 1.82) is 0 Å². The first-order chi connectivity index (χ1) is 12.6. The van der Waals surface area contributed by atoms with Gasteiger partial charge in [-0.2, -0.15) is 0 Å². The highest BCUT2D eigenvalue weighted by molar-refractivity contribution is 7.11. The number of imide groups is 1. The fourth-order valence-corrected chi connectivity index (χ4v) is 4.32. The van der Waals surface area contributed by atoms with E-state index >= 15 is 0 Å². The summed E-state index contributed by atoms with van der Waals surface area (Å²) in [6, 6.07) is 9.61. The molecule has 1 fully saturated rings. The van der Waals surface area contributed by atoms with Crippen LogP contribution in [0.5, 0.6) is 0 Å². The maximum Gasteiger partial charge on any atom is 0.282 e. The molecule has 2 aromatic rings. The molecule has 0 aliphatic carbocycles. The molecular weight excluding hydrogens is 348 g/mol. The van der Waals surface area contributed by atoms with Crippen LogP contribution in [-0.4, -0.2) is 43.0 Å². The number of morpholine rings is 1. The molecule has 5 nitrogen and oxygen atoms in total. The van der Waals surface area contributed by atoms with E-state index in [4.69, 9.17) is 4.74 Å². The van der Waals surface area contributed by atoms with E-state index in [1.165, 1.54) is 16.2 Å². The maximum atomic E-state index is 13.3. The van der Waals surface area contributed by atoms with E-state index in [2.05, 4.69) is 0 Å². The lowest BCUT2D eigenvalue weighted by molar-refractivity contribution is -0.121. The Morgan fingerprint density at radius 3 is 2.31 bits per heavy atom. The Bertz CT molecular complexity index is 876. The van der Waals surface area contributed by atoms with Gasteiger partial charge in [-0.25, -0.2) is 4.90 Å². The lowest BCUT2D eigenvalue weighted by atomic mass is 10.1. The predicted molar refractivity (Wildman–Crippen MR) is 102 cm³/mol. The number of aryl methyl sites for hydroxylation is 2. The second kappa shape index (κ2) is 6.70. The van der Waals surface area contributed by atoms with Crippen LogP contribution in [-0.2, 0) is 14.3 Å². The predicted octanol–water partition coefficient (Wildman–Crippen LogP) is 2.98. The summed E-state index contributed by atoms with van der Waals surface area (Å²) in [6.45, 7) is 6.29. The summed E-state index contributed by atoms with van der Waals surface area (Å²) in [4.78, 5) is 30.7. The lowest BCUT2D eigenvalue weighted by Crippen LogP contribution is -2.40. The number of anilines is 1. The Morgan fingerprint density at radius 2 is 1.69 bits per heavy atom. The van der Waals surface area contributed by atoms with Crippen LogP contribution in [0.2, 0.25) is 0 Å². The van der Waals surface area contributed by atoms with Gasteiger partial charge in [0, 0.05) is 18.0 Å². The topological polar surface area (TPSA) is 49.9 Å². The fourth-order valence-electron chi connectivity index (χ4n) is 3.56. The average Bonchev–Trinajstić information content (AvgIpc) is 3.21. The Labute approximate surface area is 156 Å². The van der Waals surface area contributed by atoms with Gasteiger partial charge in [0.15, 0.2) is 0 Å². The zero-order valence-electron chi connectivity index (χ0n) is 14.8. The third kappa shape index (κ3) is 2.85. The van der Waals surface area contributed by atoms with Crippen molar-refractivity contribution in [3.05, 3.63) is 57.4 Å². The number of carbonyl (C=O) groups excluding carboxylic acids is 2. The molecule has 0 N–H and O–H groups in total. The Balaban J connectivity index is 1.82. The van der Waals surface area contributed by atoms with E-state index < -0.39 is 0 Å². The van der Waals surface area contributed by atoms with Crippen LogP contribution in [0.25, 0.3) is 5.57 Å². The molecule has 1 aromatic heterocycles. The van der Waals surface area contributed by atoms with Gasteiger partial charge in [0.25, 0.3) is 11.8 Å². The summed E-state index contributed by atoms with van der Waals surface area (Å²) < 4.78 is 5.42. The third-order valence-corrected chi connectivity index (χ3v) is 5.51. The molecule has 0 spiro atoms. The Hall–Kier alpha value is -2.44. The number of amides is 2. The second-order valence-corrected chi connectivity index (χ2v) is 7.54. The van der Waals surface area contributed by atoms with Crippen molar-refractivity contribution >= 4 is 34.4 Å². The summed E-state index contributed by atoms with van der Waals surface area (Å²) in [5, 5.41) is 1.93. The fraction of sp³-hybridized carbons (Fsp3) is 0.300. The van der Waals surface area contributed by atoms with Crippen LogP contribution in [0.4, 0.5) is 5.69 Å². The molecule has 1 aromatic carbocycles. The van der Waals surface area contributed by atoms with E-state index in [9.17, 15) is 9.59 Å². The van der Waals surface area contributed by atoms with Gasteiger partial charge in [0.1, 0.15) is 5.70 Å². The summed E-state index contributed by atoms with van der Waals surface area (Å²) in [7, 11) is 0. The zero-order chi connectivity index (χ0) is 18.3. The minimum atomic E-state index is -0.246. The molecule has 2 aliphatic rings. The molecule has 2 aliphatic heterocycles. The first kappa shape index (κ1) is 17.0. The van der Waals surface area contributed by atoms with Gasteiger partial charge in [-0.05, 0) is 48.6 Å². The molecular formula is C20H20N2O3S. The molecule has 26 heavy (non-hydrogen) atoms. The van der Waals surface area contributed by atoms with Crippen molar-refractivity contribution in [3.63, 3.8) is 0 Å². The first-order valence-electron chi connectivity index (χ1n) is 8.64. The summed E-state index contributed by atoms with van der Waals surface area (Å²) in [6.07, 6.45) is 0. The normalized spacial score (nSPS) is 18.2. The number of thiophene rings is 1. The summed E-state index contributed by atoms with van der Waals surface area (Å²) in [5.74, 6) is -0.491. The molecule has 3 heterocycles. The third-order valence-electron chi connectivity index (χ3n) is 4.62. The van der Waals surface area contributed by atoms with Gasteiger partial charge < -0.3 is 9.64 Å². The van der Waals surface area contributed by atoms with Crippen LogP contribution in [0, 0.1) is 13.8 Å². The number of ether oxygens (including phenoxy) is 1. The summed E-state index contributed by atoms with van der Waals surface area (Å²) in [5.41, 5.74) is 3.69. The van der Waals surface area contributed by atoms with E-state index in [1.54, 1.807) is 0 Å². The average molecular weight is 368 g/mol. The van der Waals surface area contributed by atoms with Crippen LogP contribution < -0.4 is 4.90 Å². The molecule has 0 atom stereocenters. The van der Waals surface area contributed by atoms with Crippen molar-refractivity contribution in [2.45, 2.75) is 13.8 Å². The zero-order valence-corrected chi connectivity index (χ0v) is 15.6. The van der Waals surface area contributed by atoms with Crippen molar-refractivity contribution in [3.8, 4) is 0 Å². The van der Waals surface area contributed by atoms with Crippen molar-refractivity contribution in [1.82, 2.24) is 4.90 Å². The molecule has 0 saturated carbocycles. The highest BCUT2D eigenvalue weighted by Gasteiger charge is 2.43. The van der Waals surface area contributed by atoms with E-state index in [-0.39, 0.29) is 11.8 Å².